The molecule has 1 aromatic carbocycles. The second-order valence-corrected chi connectivity index (χ2v) is 4.86. The first kappa shape index (κ1) is 15.1. The zero-order valence-electron chi connectivity index (χ0n) is 12.2. The summed E-state index contributed by atoms with van der Waals surface area (Å²) in [6.45, 7) is 4.23. The minimum Gasteiger partial charge on any atom is -0.493 e. The average Bonchev–Trinajstić information content (AvgIpc) is 2.44. The summed E-state index contributed by atoms with van der Waals surface area (Å²) in [6.07, 6.45) is 2.72. The number of aromatic carboxylic acids is 1. The molecule has 2 rings (SSSR count). The quantitative estimate of drug-likeness (QED) is 0.856. The summed E-state index contributed by atoms with van der Waals surface area (Å²) >= 11 is 0. The third-order valence-electron chi connectivity index (χ3n) is 3.38. The zero-order valence-corrected chi connectivity index (χ0v) is 12.2. The molecule has 0 radical (unpaired) electrons. The summed E-state index contributed by atoms with van der Waals surface area (Å²) < 4.78 is 5.36. The second kappa shape index (κ2) is 6.43. The van der Waals surface area contributed by atoms with Gasteiger partial charge >= 0.3 is 5.97 Å². The van der Waals surface area contributed by atoms with Gasteiger partial charge in [-0.15, -0.1) is 0 Å². The minimum atomic E-state index is -1.10. The van der Waals surface area contributed by atoms with Crippen LogP contribution in [0.2, 0.25) is 0 Å². The summed E-state index contributed by atoms with van der Waals surface area (Å²) in [7, 11) is 0. The first-order valence-electron chi connectivity index (χ1n) is 7.13. The largest absolute Gasteiger partial charge is 0.493 e. The van der Waals surface area contributed by atoms with E-state index in [0.717, 1.165) is 30.2 Å². The van der Waals surface area contributed by atoms with Crippen LogP contribution < -0.4 is 10.3 Å². The number of benzene rings is 1. The molecular weight excluding hydrogens is 270 g/mol. The number of unbranched alkanes of at least 4 members (excludes halogenated alkanes) is 1. The van der Waals surface area contributed by atoms with Crippen LogP contribution in [0.3, 0.4) is 0 Å². The molecule has 0 saturated heterocycles. The Morgan fingerprint density at radius 1 is 1.33 bits per heavy atom. The molecule has 0 fully saturated rings. The highest BCUT2D eigenvalue weighted by Crippen LogP contribution is 2.28. The van der Waals surface area contributed by atoms with Gasteiger partial charge in [-0.05, 0) is 37.5 Å². The molecule has 0 aliphatic carbocycles. The molecule has 2 N–H and O–H groups in total. The van der Waals surface area contributed by atoms with Crippen molar-refractivity contribution in [2.45, 2.75) is 33.1 Å². The molecule has 1 heterocycles. The van der Waals surface area contributed by atoms with Crippen molar-refractivity contribution in [3.63, 3.8) is 0 Å². The molecule has 0 saturated carbocycles. The van der Waals surface area contributed by atoms with Crippen LogP contribution in [0, 0.1) is 0 Å². The number of hydrogen-bond donors (Lipinski definition) is 2. The van der Waals surface area contributed by atoms with E-state index in [4.69, 9.17) is 4.74 Å². The normalized spacial score (nSPS) is 10.8. The van der Waals surface area contributed by atoms with Crippen LogP contribution in [-0.2, 0) is 6.42 Å². The topological polar surface area (TPSA) is 79.4 Å². The molecule has 0 spiro atoms. The number of H-pyrrole nitrogens is 1. The van der Waals surface area contributed by atoms with Crippen molar-refractivity contribution in [3.8, 4) is 5.75 Å². The number of hydrogen-bond acceptors (Lipinski definition) is 3. The molecule has 2 aromatic rings. The summed E-state index contributed by atoms with van der Waals surface area (Å²) in [6, 6.07) is 5.01. The van der Waals surface area contributed by atoms with Gasteiger partial charge in [-0.25, -0.2) is 4.79 Å². The molecule has 5 nitrogen and oxygen atoms in total. The van der Waals surface area contributed by atoms with E-state index in [-0.39, 0.29) is 16.9 Å². The molecular formula is C16H19NO4. The van der Waals surface area contributed by atoms with Crippen LogP contribution >= 0.6 is 0 Å². The maximum atomic E-state index is 11.8. The van der Waals surface area contributed by atoms with Crippen molar-refractivity contribution in [2.24, 2.45) is 0 Å². The van der Waals surface area contributed by atoms with Gasteiger partial charge in [-0.1, -0.05) is 13.3 Å². The highest BCUT2D eigenvalue weighted by molar-refractivity contribution is 6.05. The fourth-order valence-electron chi connectivity index (χ4n) is 2.44. The monoisotopic (exact) mass is 289 g/mol. The lowest BCUT2D eigenvalue weighted by molar-refractivity contribution is 0.0694. The predicted octanol–water partition coefficient (Wildman–Crippen LogP) is 2.97. The van der Waals surface area contributed by atoms with Crippen LogP contribution in [0.25, 0.3) is 10.9 Å². The van der Waals surface area contributed by atoms with Crippen molar-refractivity contribution in [1.82, 2.24) is 4.98 Å². The van der Waals surface area contributed by atoms with Crippen molar-refractivity contribution < 1.29 is 14.6 Å². The van der Waals surface area contributed by atoms with Gasteiger partial charge in [-0.2, -0.15) is 0 Å². The fraction of sp³-hybridized carbons (Fsp3) is 0.375. The molecule has 5 heteroatoms. The number of ether oxygens (including phenoxy) is 1. The van der Waals surface area contributed by atoms with E-state index < -0.39 is 5.97 Å². The Balaban J connectivity index is 2.73. The van der Waals surface area contributed by atoms with Gasteiger partial charge < -0.3 is 14.8 Å². The highest BCUT2D eigenvalue weighted by Gasteiger charge is 2.18. The van der Waals surface area contributed by atoms with E-state index >= 15 is 0 Å². The van der Waals surface area contributed by atoms with Crippen LogP contribution in [0.5, 0.6) is 5.75 Å². The Morgan fingerprint density at radius 2 is 2.10 bits per heavy atom. The Kier molecular flexibility index (Phi) is 4.62. The number of carboxylic acid groups (broad SMARTS) is 1. The molecule has 112 valence electrons. The lowest BCUT2D eigenvalue weighted by Crippen LogP contribution is -2.11. The Bertz CT molecular complexity index is 718. The number of carboxylic acids is 1. The number of aryl methyl sites for hydroxylation is 1. The van der Waals surface area contributed by atoms with E-state index in [0.29, 0.717) is 12.1 Å². The minimum absolute atomic E-state index is 0.0183. The van der Waals surface area contributed by atoms with Gasteiger partial charge in [0.2, 0.25) is 5.56 Å². The highest BCUT2D eigenvalue weighted by atomic mass is 16.5. The number of fused-ring (bicyclic) bond motifs is 1. The third kappa shape index (κ3) is 3.07. The fourth-order valence-corrected chi connectivity index (χ4v) is 2.44. The molecule has 0 unspecified atom stereocenters. The van der Waals surface area contributed by atoms with Crippen molar-refractivity contribution in [2.75, 3.05) is 6.61 Å². The van der Waals surface area contributed by atoms with Crippen LogP contribution in [0.15, 0.2) is 23.0 Å². The van der Waals surface area contributed by atoms with Gasteiger partial charge in [-0.3, -0.25) is 4.79 Å². The zero-order chi connectivity index (χ0) is 15.4. The predicted molar refractivity (Wildman–Crippen MR) is 81.3 cm³/mol. The van der Waals surface area contributed by atoms with Gasteiger partial charge in [0, 0.05) is 11.5 Å². The standard InChI is InChI=1S/C16H19NO4/c1-3-5-6-10-9-13(18)17-15-11(10)7-8-12(21-4-2)14(15)16(19)20/h7-9H,3-6H2,1-2H3,(H,17,18)(H,19,20). The summed E-state index contributed by atoms with van der Waals surface area (Å²) in [5.74, 6) is -0.826. The number of aromatic nitrogens is 1. The maximum Gasteiger partial charge on any atom is 0.341 e. The summed E-state index contributed by atoms with van der Waals surface area (Å²) in [5.41, 5.74) is 0.947. The van der Waals surface area contributed by atoms with Crippen LogP contribution in [0.4, 0.5) is 0 Å². The number of carbonyl (C=O) groups is 1. The number of nitrogens with one attached hydrogen (secondary N) is 1. The van der Waals surface area contributed by atoms with Crippen molar-refractivity contribution in [3.05, 3.63) is 39.7 Å². The summed E-state index contributed by atoms with van der Waals surface area (Å²) in [5, 5.41) is 10.2. The van der Waals surface area contributed by atoms with Crippen molar-refractivity contribution in [1.29, 1.82) is 0 Å². The van der Waals surface area contributed by atoms with E-state index in [1.807, 2.05) is 6.07 Å². The number of pyridine rings is 1. The van der Waals surface area contributed by atoms with Crippen molar-refractivity contribution >= 4 is 16.9 Å². The summed E-state index contributed by atoms with van der Waals surface area (Å²) in [4.78, 5) is 26.0. The molecule has 0 amide bonds. The van der Waals surface area contributed by atoms with E-state index in [2.05, 4.69) is 11.9 Å². The van der Waals surface area contributed by atoms with Gasteiger partial charge in [0.15, 0.2) is 0 Å². The number of aromatic amines is 1. The van der Waals surface area contributed by atoms with E-state index in [1.165, 1.54) is 0 Å². The SMILES string of the molecule is CCCCc1cc(=O)[nH]c2c(C(=O)O)c(OCC)ccc12. The van der Waals surface area contributed by atoms with E-state index in [9.17, 15) is 14.7 Å². The second-order valence-electron chi connectivity index (χ2n) is 4.86. The Labute approximate surface area is 122 Å². The van der Waals surface area contributed by atoms with Gasteiger partial charge in [0.25, 0.3) is 0 Å². The molecule has 0 aliphatic heterocycles. The molecule has 0 aliphatic rings. The van der Waals surface area contributed by atoms with Gasteiger partial charge in [0.05, 0.1) is 12.1 Å². The third-order valence-corrected chi connectivity index (χ3v) is 3.38. The lowest BCUT2D eigenvalue weighted by atomic mass is 10.0. The Hall–Kier alpha value is -2.30. The van der Waals surface area contributed by atoms with Crippen LogP contribution in [0.1, 0.15) is 42.6 Å². The first-order valence-corrected chi connectivity index (χ1v) is 7.13. The smallest absolute Gasteiger partial charge is 0.341 e. The molecule has 21 heavy (non-hydrogen) atoms. The van der Waals surface area contributed by atoms with E-state index in [1.54, 1.807) is 19.1 Å². The maximum absolute atomic E-state index is 11.8. The molecule has 1 aromatic heterocycles. The first-order chi connectivity index (χ1) is 10.1. The molecule has 0 bridgehead atoms. The van der Waals surface area contributed by atoms with Gasteiger partial charge in [0.1, 0.15) is 11.3 Å². The Morgan fingerprint density at radius 3 is 2.71 bits per heavy atom. The molecule has 0 atom stereocenters. The average molecular weight is 289 g/mol. The number of rotatable bonds is 6. The lowest BCUT2D eigenvalue weighted by Gasteiger charge is -2.12. The van der Waals surface area contributed by atoms with Crippen LogP contribution in [-0.4, -0.2) is 22.7 Å².